The maximum absolute atomic E-state index is 12.3. The molecule has 32 heavy (non-hydrogen) atoms. The second kappa shape index (κ2) is 11.9. The molecule has 11 heteroatoms. The molecule has 7 nitrogen and oxygen atoms in total. The number of nitrogens with zero attached hydrogens (tertiary/aromatic N) is 1. The van der Waals surface area contributed by atoms with Crippen molar-refractivity contribution in [3.8, 4) is 0 Å². The van der Waals surface area contributed by atoms with E-state index in [2.05, 4.69) is 12.2 Å². The van der Waals surface area contributed by atoms with Gasteiger partial charge >= 0.3 is 18.1 Å². The standard InChI is InChI=1S/C19H21ClN2O3.C2HF3O2/c1-3-4-11-22(2)17-10-9-15(12-16(17)19(24)25)21-18(23)13-5-7-14(20)8-6-13;3-2(4,5)1(6)7/h5-10,12H,3-4,11H2,1-2H3,(H,21,23)(H,24,25);(H,6,7). The van der Waals surface area contributed by atoms with Crippen molar-refractivity contribution in [2.75, 3.05) is 23.8 Å². The summed E-state index contributed by atoms with van der Waals surface area (Å²) in [5.41, 5.74) is 1.67. The van der Waals surface area contributed by atoms with Gasteiger partial charge in [0.15, 0.2) is 0 Å². The summed E-state index contributed by atoms with van der Waals surface area (Å²) in [6.07, 6.45) is -3.08. The van der Waals surface area contributed by atoms with Crippen LogP contribution in [0.15, 0.2) is 42.5 Å². The van der Waals surface area contributed by atoms with Crippen LogP contribution in [0.2, 0.25) is 5.02 Å². The first kappa shape index (κ1) is 26.8. The zero-order chi connectivity index (χ0) is 24.5. The van der Waals surface area contributed by atoms with E-state index in [1.807, 2.05) is 11.9 Å². The third-order valence-corrected chi connectivity index (χ3v) is 4.34. The predicted molar refractivity (Wildman–Crippen MR) is 115 cm³/mol. The first-order chi connectivity index (χ1) is 14.9. The topological polar surface area (TPSA) is 107 Å². The number of amides is 1. The van der Waals surface area contributed by atoms with E-state index in [9.17, 15) is 27.9 Å². The van der Waals surface area contributed by atoms with Crippen LogP contribution in [0, 0.1) is 0 Å². The second-order valence-electron chi connectivity index (χ2n) is 6.58. The first-order valence-corrected chi connectivity index (χ1v) is 9.70. The Morgan fingerprint density at radius 2 is 1.62 bits per heavy atom. The average molecular weight is 475 g/mol. The predicted octanol–water partition coefficient (Wildman–Crippen LogP) is 5.16. The Morgan fingerprint density at radius 3 is 2.09 bits per heavy atom. The van der Waals surface area contributed by atoms with E-state index in [-0.39, 0.29) is 11.5 Å². The number of aromatic carboxylic acids is 1. The van der Waals surface area contributed by atoms with Crippen LogP contribution in [-0.2, 0) is 4.79 Å². The lowest BCUT2D eigenvalue weighted by molar-refractivity contribution is -0.192. The normalized spacial score (nSPS) is 10.6. The monoisotopic (exact) mass is 474 g/mol. The molecule has 0 aliphatic carbocycles. The number of nitrogens with one attached hydrogen (secondary N) is 1. The van der Waals surface area contributed by atoms with Gasteiger partial charge < -0.3 is 20.4 Å². The second-order valence-corrected chi connectivity index (χ2v) is 7.01. The molecule has 0 fully saturated rings. The number of unbranched alkanes of at least 4 members (excludes halogenated alkanes) is 1. The molecule has 0 unspecified atom stereocenters. The van der Waals surface area contributed by atoms with Gasteiger partial charge in [0.25, 0.3) is 5.91 Å². The Bertz CT molecular complexity index is 949. The highest BCUT2D eigenvalue weighted by Gasteiger charge is 2.38. The van der Waals surface area contributed by atoms with Gasteiger partial charge in [-0.25, -0.2) is 9.59 Å². The average Bonchev–Trinajstić information content (AvgIpc) is 2.72. The molecule has 0 radical (unpaired) electrons. The number of hydrogen-bond acceptors (Lipinski definition) is 4. The largest absolute Gasteiger partial charge is 0.490 e. The number of halogens is 4. The molecule has 0 aliphatic heterocycles. The molecule has 2 aromatic carbocycles. The van der Waals surface area contributed by atoms with Crippen molar-refractivity contribution in [1.82, 2.24) is 0 Å². The Balaban J connectivity index is 0.000000633. The summed E-state index contributed by atoms with van der Waals surface area (Å²) < 4.78 is 31.7. The molecule has 0 spiro atoms. The van der Waals surface area contributed by atoms with Crippen LogP contribution in [0.5, 0.6) is 0 Å². The van der Waals surface area contributed by atoms with Gasteiger partial charge in [0.05, 0.1) is 11.3 Å². The quantitative estimate of drug-likeness (QED) is 0.511. The summed E-state index contributed by atoms with van der Waals surface area (Å²) in [6, 6.07) is 11.4. The summed E-state index contributed by atoms with van der Waals surface area (Å²) in [6.45, 7) is 2.86. The lowest BCUT2D eigenvalue weighted by atomic mass is 10.1. The molecule has 2 rings (SSSR count). The number of carboxylic acid groups (broad SMARTS) is 2. The minimum absolute atomic E-state index is 0.160. The van der Waals surface area contributed by atoms with Gasteiger partial charge in [0, 0.05) is 29.9 Å². The highest BCUT2D eigenvalue weighted by Crippen LogP contribution is 2.24. The number of benzene rings is 2. The van der Waals surface area contributed by atoms with Crippen LogP contribution in [0.4, 0.5) is 24.5 Å². The number of aliphatic carboxylic acids is 1. The Hall–Kier alpha value is -3.27. The molecule has 1 amide bonds. The molecule has 2 aromatic rings. The maximum atomic E-state index is 12.3. The highest BCUT2D eigenvalue weighted by atomic mass is 35.5. The van der Waals surface area contributed by atoms with Gasteiger partial charge in [-0.1, -0.05) is 24.9 Å². The lowest BCUT2D eigenvalue weighted by Gasteiger charge is -2.21. The number of rotatable bonds is 7. The van der Waals surface area contributed by atoms with Gasteiger partial charge in [-0.3, -0.25) is 4.79 Å². The zero-order valence-corrected chi connectivity index (χ0v) is 18.0. The molecule has 0 aliphatic rings. The van der Waals surface area contributed by atoms with Gasteiger partial charge in [-0.05, 0) is 48.9 Å². The fourth-order valence-corrected chi connectivity index (χ4v) is 2.56. The molecule has 3 N–H and O–H groups in total. The van der Waals surface area contributed by atoms with Crippen LogP contribution in [0.25, 0.3) is 0 Å². The van der Waals surface area contributed by atoms with Crippen molar-refractivity contribution in [2.24, 2.45) is 0 Å². The van der Waals surface area contributed by atoms with E-state index in [0.717, 1.165) is 19.4 Å². The number of carboxylic acids is 2. The fraction of sp³-hybridized carbons (Fsp3) is 0.286. The van der Waals surface area contributed by atoms with Crippen molar-refractivity contribution in [3.05, 3.63) is 58.6 Å². The van der Waals surface area contributed by atoms with Crippen molar-refractivity contribution in [1.29, 1.82) is 0 Å². The molecule has 174 valence electrons. The first-order valence-electron chi connectivity index (χ1n) is 9.32. The highest BCUT2D eigenvalue weighted by molar-refractivity contribution is 6.30. The molecule has 0 saturated carbocycles. The van der Waals surface area contributed by atoms with Gasteiger partial charge in [-0.2, -0.15) is 13.2 Å². The Morgan fingerprint density at radius 1 is 1.06 bits per heavy atom. The van der Waals surface area contributed by atoms with Crippen molar-refractivity contribution in [2.45, 2.75) is 25.9 Å². The number of hydrogen-bond donors (Lipinski definition) is 3. The molecule has 0 aromatic heterocycles. The van der Waals surface area contributed by atoms with Gasteiger partial charge in [-0.15, -0.1) is 0 Å². The van der Waals surface area contributed by atoms with Crippen molar-refractivity contribution >= 4 is 40.8 Å². The third-order valence-electron chi connectivity index (χ3n) is 4.09. The maximum Gasteiger partial charge on any atom is 0.490 e. The number of carbonyl (C=O) groups is 3. The van der Waals surface area contributed by atoms with E-state index in [4.69, 9.17) is 21.5 Å². The van der Waals surface area contributed by atoms with Crippen LogP contribution in [-0.4, -0.2) is 47.8 Å². The fourth-order valence-electron chi connectivity index (χ4n) is 2.44. The molecule has 0 atom stereocenters. The van der Waals surface area contributed by atoms with Crippen LogP contribution in [0.3, 0.4) is 0 Å². The molecular formula is C21H22ClF3N2O5. The van der Waals surface area contributed by atoms with Gasteiger partial charge in [0.2, 0.25) is 0 Å². The zero-order valence-electron chi connectivity index (χ0n) is 17.2. The summed E-state index contributed by atoms with van der Waals surface area (Å²) in [5.74, 6) is -4.10. The van der Waals surface area contributed by atoms with E-state index >= 15 is 0 Å². The Kier molecular flexibility index (Phi) is 9.99. The van der Waals surface area contributed by atoms with Crippen LogP contribution >= 0.6 is 11.6 Å². The van der Waals surface area contributed by atoms with E-state index in [0.29, 0.717) is 22.0 Å². The smallest absolute Gasteiger partial charge is 0.478 e. The summed E-state index contributed by atoms with van der Waals surface area (Å²) >= 11 is 5.81. The SMILES string of the molecule is CCCCN(C)c1ccc(NC(=O)c2ccc(Cl)cc2)cc1C(=O)O.O=C(O)C(F)(F)F. The molecule has 0 heterocycles. The summed E-state index contributed by atoms with van der Waals surface area (Å²) in [7, 11) is 1.86. The van der Waals surface area contributed by atoms with Crippen molar-refractivity contribution < 1.29 is 37.8 Å². The minimum Gasteiger partial charge on any atom is -0.478 e. The van der Waals surface area contributed by atoms with Crippen LogP contribution in [0.1, 0.15) is 40.5 Å². The number of anilines is 2. The van der Waals surface area contributed by atoms with Gasteiger partial charge in [0.1, 0.15) is 0 Å². The molecule has 0 saturated heterocycles. The number of alkyl halides is 3. The third kappa shape index (κ3) is 8.46. The minimum atomic E-state index is -5.08. The Labute approximate surface area is 187 Å². The van der Waals surface area contributed by atoms with E-state index in [1.54, 1.807) is 36.4 Å². The molecular weight excluding hydrogens is 453 g/mol. The number of carbonyl (C=O) groups excluding carboxylic acids is 1. The summed E-state index contributed by atoms with van der Waals surface area (Å²) in [4.78, 5) is 34.7. The van der Waals surface area contributed by atoms with E-state index < -0.39 is 18.1 Å². The summed E-state index contributed by atoms with van der Waals surface area (Å²) in [5, 5.41) is 19.9. The van der Waals surface area contributed by atoms with Crippen LogP contribution < -0.4 is 10.2 Å². The molecule has 0 bridgehead atoms. The lowest BCUT2D eigenvalue weighted by Crippen LogP contribution is -2.21. The van der Waals surface area contributed by atoms with E-state index in [1.165, 1.54) is 6.07 Å². The van der Waals surface area contributed by atoms with Crippen molar-refractivity contribution in [3.63, 3.8) is 0 Å².